The fraction of sp³-hybridized carbons (Fsp3) is 0.182. The van der Waals surface area contributed by atoms with E-state index >= 15 is 0 Å². The Balaban J connectivity index is 2.58. The first-order valence-corrected chi connectivity index (χ1v) is 4.89. The number of nitrogens with two attached hydrogens (primary N) is 1. The first-order valence-electron chi connectivity index (χ1n) is 4.89. The maximum absolute atomic E-state index is 12.8. The van der Waals surface area contributed by atoms with Gasteiger partial charge in [-0.2, -0.15) is 5.10 Å². The fourth-order valence-corrected chi connectivity index (χ4v) is 1.64. The molecule has 17 heavy (non-hydrogen) atoms. The average Bonchev–Trinajstić information content (AvgIpc) is 2.74. The van der Waals surface area contributed by atoms with Crippen LogP contribution in [0.1, 0.15) is 12.0 Å². The van der Waals surface area contributed by atoms with E-state index in [-0.39, 0.29) is 11.3 Å². The van der Waals surface area contributed by atoms with Gasteiger partial charge in [-0.15, -0.1) is 0 Å². The van der Waals surface area contributed by atoms with Gasteiger partial charge in [0.25, 0.3) is 6.43 Å². The Bertz CT molecular complexity index is 525. The van der Waals surface area contributed by atoms with E-state index in [2.05, 4.69) is 10.2 Å². The maximum Gasteiger partial charge on any atom is 0.267 e. The van der Waals surface area contributed by atoms with E-state index in [9.17, 15) is 8.78 Å². The van der Waals surface area contributed by atoms with Crippen molar-refractivity contribution in [1.82, 2.24) is 10.2 Å². The van der Waals surface area contributed by atoms with Gasteiger partial charge in [-0.1, -0.05) is 6.07 Å². The van der Waals surface area contributed by atoms with Gasteiger partial charge >= 0.3 is 0 Å². The molecular formula is C11H11F2N3O. The number of nitrogens with zero attached hydrogens (tertiary/aromatic N) is 1. The predicted molar refractivity (Wildman–Crippen MR) is 59.9 cm³/mol. The minimum atomic E-state index is -2.59. The van der Waals surface area contributed by atoms with E-state index in [0.717, 1.165) is 0 Å². The highest BCUT2D eigenvalue weighted by molar-refractivity contribution is 5.71. The van der Waals surface area contributed by atoms with Crippen molar-refractivity contribution in [2.75, 3.05) is 12.8 Å². The average molecular weight is 239 g/mol. The molecule has 4 nitrogen and oxygen atoms in total. The standard InChI is InChI=1S/C11H11F2N3O/c1-17-10-6(8-5-9(14)16-15-8)3-2-4-7(10)11(12)13/h2-5,11H,1H3,(H3,14,15,16). The number of aromatic amines is 1. The van der Waals surface area contributed by atoms with Gasteiger partial charge in [0.1, 0.15) is 11.6 Å². The molecule has 0 spiro atoms. The topological polar surface area (TPSA) is 63.9 Å². The van der Waals surface area contributed by atoms with Crippen LogP contribution in [0.5, 0.6) is 5.75 Å². The van der Waals surface area contributed by atoms with E-state index in [4.69, 9.17) is 10.5 Å². The molecule has 1 aromatic heterocycles. The molecule has 0 radical (unpaired) electrons. The van der Waals surface area contributed by atoms with E-state index in [0.29, 0.717) is 17.1 Å². The molecule has 0 aliphatic heterocycles. The lowest BCUT2D eigenvalue weighted by molar-refractivity contribution is 0.147. The maximum atomic E-state index is 12.8. The molecule has 2 aromatic rings. The molecule has 6 heteroatoms. The Morgan fingerprint density at radius 1 is 1.41 bits per heavy atom. The number of hydrogen-bond acceptors (Lipinski definition) is 3. The summed E-state index contributed by atoms with van der Waals surface area (Å²) in [6.45, 7) is 0. The Kier molecular flexibility index (Phi) is 2.95. The molecule has 0 aliphatic rings. The number of alkyl halides is 2. The third-order valence-corrected chi connectivity index (χ3v) is 2.37. The molecule has 90 valence electrons. The van der Waals surface area contributed by atoms with Crippen molar-refractivity contribution in [2.24, 2.45) is 0 Å². The lowest BCUT2D eigenvalue weighted by Gasteiger charge is -2.11. The molecule has 0 fully saturated rings. The number of H-pyrrole nitrogens is 1. The summed E-state index contributed by atoms with van der Waals surface area (Å²) in [6, 6.07) is 6.09. The molecule has 1 aromatic carbocycles. The number of hydrogen-bond donors (Lipinski definition) is 2. The molecule has 0 saturated heterocycles. The second-order valence-electron chi connectivity index (χ2n) is 3.44. The highest BCUT2D eigenvalue weighted by atomic mass is 19.3. The molecule has 0 amide bonds. The van der Waals surface area contributed by atoms with Crippen molar-refractivity contribution in [3.63, 3.8) is 0 Å². The summed E-state index contributed by atoms with van der Waals surface area (Å²) in [6.07, 6.45) is -2.59. The number of methoxy groups -OCH3 is 1. The van der Waals surface area contributed by atoms with Crippen molar-refractivity contribution < 1.29 is 13.5 Å². The molecule has 1 heterocycles. The number of aromatic nitrogens is 2. The van der Waals surface area contributed by atoms with Crippen LogP contribution in [-0.2, 0) is 0 Å². The normalized spacial score (nSPS) is 10.8. The molecule has 2 rings (SSSR count). The quantitative estimate of drug-likeness (QED) is 0.865. The summed E-state index contributed by atoms with van der Waals surface area (Å²) in [5.41, 5.74) is 6.37. The van der Waals surface area contributed by atoms with Gasteiger partial charge in [-0.3, -0.25) is 5.10 Å². The minimum Gasteiger partial charge on any atom is -0.496 e. The lowest BCUT2D eigenvalue weighted by Crippen LogP contribution is -1.95. The second-order valence-corrected chi connectivity index (χ2v) is 3.44. The van der Waals surface area contributed by atoms with Crippen LogP contribution >= 0.6 is 0 Å². The lowest BCUT2D eigenvalue weighted by atomic mass is 10.1. The molecule has 0 atom stereocenters. The number of benzene rings is 1. The van der Waals surface area contributed by atoms with Crippen LogP contribution in [0.2, 0.25) is 0 Å². The van der Waals surface area contributed by atoms with Crippen molar-refractivity contribution in [3.8, 4) is 17.0 Å². The van der Waals surface area contributed by atoms with Crippen molar-refractivity contribution in [1.29, 1.82) is 0 Å². The molecule has 0 unspecified atom stereocenters. The zero-order chi connectivity index (χ0) is 12.4. The molecule has 0 bridgehead atoms. The number of rotatable bonds is 3. The van der Waals surface area contributed by atoms with Crippen LogP contribution in [0, 0.1) is 0 Å². The Morgan fingerprint density at radius 2 is 2.18 bits per heavy atom. The van der Waals surface area contributed by atoms with Crippen LogP contribution in [-0.4, -0.2) is 17.3 Å². The van der Waals surface area contributed by atoms with Gasteiger partial charge in [0, 0.05) is 11.6 Å². The number of nitrogen functional groups attached to an aromatic ring is 1. The van der Waals surface area contributed by atoms with E-state index in [1.54, 1.807) is 12.1 Å². The van der Waals surface area contributed by atoms with E-state index in [1.807, 2.05) is 0 Å². The largest absolute Gasteiger partial charge is 0.496 e. The summed E-state index contributed by atoms with van der Waals surface area (Å²) in [4.78, 5) is 0. The van der Waals surface area contributed by atoms with Gasteiger partial charge in [0.2, 0.25) is 0 Å². The zero-order valence-corrected chi connectivity index (χ0v) is 9.08. The van der Waals surface area contributed by atoms with Gasteiger partial charge in [0.05, 0.1) is 18.4 Å². The second kappa shape index (κ2) is 4.40. The zero-order valence-electron chi connectivity index (χ0n) is 9.08. The first kappa shape index (κ1) is 11.4. The number of para-hydroxylation sites is 1. The van der Waals surface area contributed by atoms with Crippen molar-refractivity contribution in [2.45, 2.75) is 6.43 Å². The van der Waals surface area contributed by atoms with Gasteiger partial charge in [0.15, 0.2) is 0 Å². The highest BCUT2D eigenvalue weighted by Gasteiger charge is 2.18. The van der Waals surface area contributed by atoms with Crippen LogP contribution in [0.3, 0.4) is 0 Å². The number of anilines is 1. The predicted octanol–water partition coefficient (Wildman–Crippen LogP) is 2.61. The van der Waals surface area contributed by atoms with E-state index < -0.39 is 6.43 Å². The number of ether oxygens (including phenoxy) is 1. The summed E-state index contributed by atoms with van der Waals surface area (Å²) >= 11 is 0. The third-order valence-electron chi connectivity index (χ3n) is 2.37. The third kappa shape index (κ3) is 2.06. The summed E-state index contributed by atoms with van der Waals surface area (Å²) in [7, 11) is 1.35. The molecule has 0 saturated carbocycles. The number of halogens is 2. The van der Waals surface area contributed by atoms with Gasteiger partial charge < -0.3 is 10.5 Å². The molecular weight excluding hydrogens is 228 g/mol. The van der Waals surface area contributed by atoms with Crippen LogP contribution in [0.15, 0.2) is 24.3 Å². The van der Waals surface area contributed by atoms with Crippen LogP contribution < -0.4 is 10.5 Å². The first-order chi connectivity index (χ1) is 8.13. The van der Waals surface area contributed by atoms with Gasteiger partial charge in [-0.05, 0) is 12.1 Å². The Hall–Kier alpha value is -2.11. The fourth-order valence-electron chi connectivity index (χ4n) is 1.64. The summed E-state index contributed by atoms with van der Waals surface area (Å²) in [5.74, 6) is 0.427. The SMILES string of the molecule is COc1c(-c2cc(N)n[nH]2)cccc1C(F)F. The van der Waals surface area contributed by atoms with Crippen molar-refractivity contribution in [3.05, 3.63) is 29.8 Å². The molecule has 3 N–H and O–H groups in total. The summed E-state index contributed by atoms with van der Waals surface area (Å²) < 4.78 is 30.6. The Morgan fingerprint density at radius 3 is 2.71 bits per heavy atom. The summed E-state index contributed by atoms with van der Waals surface area (Å²) in [5, 5.41) is 6.42. The van der Waals surface area contributed by atoms with Gasteiger partial charge in [-0.25, -0.2) is 8.78 Å². The smallest absolute Gasteiger partial charge is 0.267 e. The highest BCUT2D eigenvalue weighted by Crippen LogP contribution is 2.37. The van der Waals surface area contributed by atoms with E-state index in [1.165, 1.54) is 19.2 Å². The van der Waals surface area contributed by atoms with Crippen LogP contribution in [0.25, 0.3) is 11.3 Å². The van der Waals surface area contributed by atoms with Crippen LogP contribution in [0.4, 0.5) is 14.6 Å². The molecule has 0 aliphatic carbocycles. The number of nitrogens with one attached hydrogen (secondary N) is 1. The Labute approximate surface area is 96.4 Å². The van der Waals surface area contributed by atoms with Crippen molar-refractivity contribution >= 4 is 5.82 Å². The minimum absolute atomic E-state index is 0.131. The monoisotopic (exact) mass is 239 g/mol.